The van der Waals surface area contributed by atoms with Crippen LogP contribution in [-0.2, 0) is 11.2 Å². The van der Waals surface area contributed by atoms with Gasteiger partial charge in [-0.15, -0.1) is 5.10 Å². The van der Waals surface area contributed by atoms with Gasteiger partial charge in [0.1, 0.15) is 0 Å². The Morgan fingerprint density at radius 1 is 1.10 bits per heavy atom. The average molecular weight is 419 g/mol. The first-order chi connectivity index (χ1) is 14.7. The van der Waals surface area contributed by atoms with Crippen LogP contribution in [0.5, 0.6) is 11.5 Å². The van der Waals surface area contributed by atoms with Crippen molar-refractivity contribution >= 4 is 22.7 Å². The van der Waals surface area contributed by atoms with E-state index in [0.717, 1.165) is 16.9 Å². The van der Waals surface area contributed by atoms with Crippen LogP contribution in [0.15, 0.2) is 51.7 Å². The molecule has 2 aromatic heterocycles. The fourth-order valence-electron chi connectivity index (χ4n) is 3.46. The van der Waals surface area contributed by atoms with Gasteiger partial charge in [-0.25, -0.2) is 9.48 Å². The SMILES string of the molecule is Cc1ccc(-n2nc(NC(=O)Cc3c(C)c4ccc(O)c(O)c4oc3=O)cc2C)cc1. The van der Waals surface area contributed by atoms with Crippen LogP contribution in [0.3, 0.4) is 0 Å². The van der Waals surface area contributed by atoms with Crippen LogP contribution in [0.4, 0.5) is 5.82 Å². The van der Waals surface area contributed by atoms with Gasteiger partial charge in [0.2, 0.25) is 11.7 Å². The lowest BCUT2D eigenvalue weighted by molar-refractivity contribution is -0.115. The van der Waals surface area contributed by atoms with Gasteiger partial charge in [0.05, 0.1) is 17.7 Å². The maximum Gasteiger partial charge on any atom is 0.340 e. The Morgan fingerprint density at radius 2 is 1.81 bits per heavy atom. The second kappa shape index (κ2) is 7.64. The van der Waals surface area contributed by atoms with Crippen LogP contribution in [0.1, 0.15) is 22.4 Å². The van der Waals surface area contributed by atoms with Crippen LogP contribution in [0.2, 0.25) is 0 Å². The molecule has 4 rings (SSSR count). The predicted octanol–water partition coefficient (Wildman–Crippen LogP) is 3.50. The topological polar surface area (TPSA) is 118 Å². The zero-order valence-corrected chi connectivity index (χ0v) is 17.3. The molecule has 8 nitrogen and oxygen atoms in total. The summed E-state index contributed by atoms with van der Waals surface area (Å²) >= 11 is 0. The Bertz CT molecular complexity index is 1370. The fourth-order valence-corrected chi connectivity index (χ4v) is 3.46. The summed E-state index contributed by atoms with van der Waals surface area (Å²) in [6.45, 7) is 5.54. The van der Waals surface area contributed by atoms with E-state index in [1.54, 1.807) is 17.7 Å². The van der Waals surface area contributed by atoms with Crippen LogP contribution >= 0.6 is 0 Å². The summed E-state index contributed by atoms with van der Waals surface area (Å²) in [6.07, 6.45) is -0.220. The molecule has 0 bridgehead atoms. The van der Waals surface area contributed by atoms with Gasteiger partial charge in [-0.3, -0.25) is 4.79 Å². The van der Waals surface area contributed by atoms with Crippen LogP contribution in [-0.4, -0.2) is 25.9 Å². The van der Waals surface area contributed by atoms with Gasteiger partial charge in [-0.2, -0.15) is 0 Å². The Morgan fingerprint density at radius 3 is 2.52 bits per heavy atom. The van der Waals surface area contributed by atoms with E-state index in [0.29, 0.717) is 16.8 Å². The van der Waals surface area contributed by atoms with E-state index in [-0.39, 0.29) is 23.3 Å². The Hall–Kier alpha value is -4.07. The number of hydrogen-bond acceptors (Lipinski definition) is 6. The molecule has 1 amide bonds. The number of hydrogen-bond donors (Lipinski definition) is 3. The van der Waals surface area contributed by atoms with E-state index >= 15 is 0 Å². The van der Waals surface area contributed by atoms with Gasteiger partial charge in [0, 0.05) is 17.1 Å². The highest BCUT2D eigenvalue weighted by molar-refractivity contribution is 5.93. The third-order valence-electron chi connectivity index (χ3n) is 5.18. The molecule has 0 radical (unpaired) electrons. The number of phenols is 2. The monoisotopic (exact) mass is 419 g/mol. The minimum atomic E-state index is -0.748. The van der Waals surface area contributed by atoms with Gasteiger partial charge in [-0.1, -0.05) is 17.7 Å². The molecule has 0 aliphatic rings. The van der Waals surface area contributed by atoms with E-state index in [2.05, 4.69) is 10.4 Å². The number of phenolic OH excluding ortho intramolecular Hbond substituents is 2. The third-order valence-corrected chi connectivity index (χ3v) is 5.18. The highest BCUT2D eigenvalue weighted by Gasteiger charge is 2.19. The number of amides is 1. The molecule has 2 heterocycles. The Kier molecular flexibility index (Phi) is 4.98. The van der Waals surface area contributed by atoms with Gasteiger partial charge >= 0.3 is 5.63 Å². The second-order valence-electron chi connectivity index (χ2n) is 7.45. The molecule has 2 aromatic carbocycles. The maximum atomic E-state index is 12.6. The number of rotatable bonds is 4. The van der Waals surface area contributed by atoms with Crippen molar-refractivity contribution in [1.29, 1.82) is 0 Å². The van der Waals surface area contributed by atoms with Crippen molar-refractivity contribution in [2.24, 2.45) is 0 Å². The number of carbonyl (C=O) groups excluding carboxylic acids is 1. The zero-order chi connectivity index (χ0) is 22.3. The zero-order valence-electron chi connectivity index (χ0n) is 17.3. The third kappa shape index (κ3) is 3.75. The van der Waals surface area contributed by atoms with Gasteiger partial charge in [0.25, 0.3) is 0 Å². The molecule has 158 valence electrons. The number of aromatic hydroxyl groups is 2. The summed E-state index contributed by atoms with van der Waals surface area (Å²) in [5.41, 5.74) is 2.66. The van der Waals surface area contributed by atoms with E-state index < -0.39 is 17.3 Å². The lowest BCUT2D eigenvalue weighted by atomic mass is 10.0. The number of benzene rings is 2. The standard InChI is InChI=1S/C23H21N3O5/c1-12-4-6-15(7-5-12)26-13(2)10-19(25-26)24-20(28)11-17-14(3)16-8-9-18(27)21(29)22(16)31-23(17)30/h4-10,27,29H,11H2,1-3H3,(H,24,25,28). The minimum Gasteiger partial charge on any atom is -0.504 e. The maximum absolute atomic E-state index is 12.6. The van der Waals surface area contributed by atoms with Crippen LogP contribution in [0, 0.1) is 20.8 Å². The number of carbonyl (C=O) groups is 1. The quantitative estimate of drug-likeness (QED) is 0.344. The van der Waals surface area contributed by atoms with E-state index in [9.17, 15) is 19.8 Å². The highest BCUT2D eigenvalue weighted by atomic mass is 16.4. The van der Waals surface area contributed by atoms with Gasteiger partial charge < -0.3 is 19.9 Å². The van der Waals surface area contributed by atoms with Crippen molar-refractivity contribution in [1.82, 2.24) is 9.78 Å². The molecule has 3 N–H and O–H groups in total. The minimum absolute atomic E-state index is 0.112. The smallest absolute Gasteiger partial charge is 0.340 e. The summed E-state index contributed by atoms with van der Waals surface area (Å²) < 4.78 is 6.88. The summed E-state index contributed by atoms with van der Waals surface area (Å²) in [7, 11) is 0. The lowest BCUT2D eigenvalue weighted by Crippen LogP contribution is -2.21. The number of anilines is 1. The van der Waals surface area contributed by atoms with Gasteiger partial charge in [0.15, 0.2) is 17.2 Å². The summed E-state index contributed by atoms with van der Waals surface area (Å²) in [5.74, 6) is -0.953. The van der Waals surface area contributed by atoms with Crippen molar-refractivity contribution < 1.29 is 19.4 Å². The number of nitrogens with one attached hydrogen (secondary N) is 1. The van der Waals surface area contributed by atoms with Gasteiger partial charge in [-0.05, 0) is 50.6 Å². The second-order valence-corrected chi connectivity index (χ2v) is 7.45. The first-order valence-electron chi connectivity index (χ1n) is 9.65. The first kappa shape index (κ1) is 20.2. The Labute approximate surface area is 177 Å². The van der Waals surface area contributed by atoms with Crippen molar-refractivity contribution in [3.05, 3.63) is 75.3 Å². The molecule has 31 heavy (non-hydrogen) atoms. The number of nitrogens with zero attached hydrogens (tertiary/aromatic N) is 2. The molecule has 0 aliphatic carbocycles. The Balaban J connectivity index is 1.59. The van der Waals surface area contributed by atoms with Crippen molar-refractivity contribution in [2.45, 2.75) is 27.2 Å². The summed E-state index contributed by atoms with van der Waals surface area (Å²) in [4.78, 5) is 25.0. The van der Waals surface area contributed by atoms with E-state index in [1.165, 1.54) is 12.1 Å². The molecule has 0 unspecified atom stereocenters. The normalized spacial score (nSPS) is 11.1. The number of fused-ring (bicyclic) bond motifs is 1. The average Bonchev–Trinajstić information content (AvgIpc) is 3.09. The summed E-state index contributed by atoms with van der Waals surface area (Å²) in [5, 5.41) is 27.1. The molecule has 0 fully saturated rings. The fraction of sp³-hybridized carbons (Fsp3) is 0.174. The van der Waals surface area contributed by atoms with Crippen molar-refractivity contribution in [2.75, 3.05) is 5.32 Å². The molecule has 0 saturated heterocycles. The molecular weight excluding hydrogens is 398 g/mol. The molecule has 0 atom stereocenters. The molecule has 0 saturated carbocycles. The number of aromatic nitrogens is 2. The molecular formula is C23H21N3O5. The van der Waals surface area contributed by atoms with Crippen molar-refractivity contribution in [3.8, 4) is 17.2 Å². The molecule has 8 heteroatoms. The van der Waals surface area contributed by atoms with E-state index in [4.69, 9.17) is 4.42 Å². The van der Waals surface area contributed by atoms with Crippen LogP contribution < -0.4 is 10.9 Å². The molecule has 4 aromatic rings. The predicted molar refractivity (Wildman–Crippen MR) is 116 cm³/mol. The summed E-state index contributed by atoms with van der Waals surface area (Å²) in [6, 6.07) is 12.4. The van der Waals surface area contributed by atoms with Crippen LogP contribution in [0.25, 0.3) is 16.7 Å². The lowest BCUT2D eigenvalue weighted by Gasteiger charge is -2.09. The largest absolute Gasteiger partial charge is 0.504 e. The molecule has 0 aliphatic heterocycles. The first-order valence-corrected chi connectivity index (χ1v) is 9.65. The molecule has 0 spiro atoms. The highest BCUT2D eigenvalue weighted by Crippen LogP contribution is 2.34. The number of aryl methyl sites for hydroxylation is 3. The van der Waals surface area contributed by atoms with Crippen molar-refractivity contribution in [3.63, 3.8) is 0 Å². The van der Waals surface area contributed by atoms with E-state index in [1.807, 2.05) is 38.1 Å².